The molecule has 1 atom stereocenters. The highest BCUT2D eigenvalue weighted by Gasteiger charge is 2.27. The van der Waals surface area contributed by atoms with E-state index in [1.807, 2.05) is 12.1 Å². The second-order valence-corrected chi connectivity index (χ2v) is 11.3. The Morgan fingerprint density at radius 3 is 2.61 bits per heavy atom. The lowest BCUT2D eigenvalue weighted by molar-refractivity contribution is 0.0300. The molecule has 1 saturated carbocycles. The minimum atomic E-state index is -0.379. The second-order valence-electron chi connectivity index (χ2n) is 10.9. The molecule has 0 spiro atoms. The van der Waals surface area contributed by atoms with Crippen molar-refractivity contribution in [1.82, 2.24) is 15.3 Å². The van der Waals surface area contributed by atoms with Gasteiger partial charge in [0.25, 0.3) is 0 Å². The molecule has 0 bridgehead atoms. The molecule has 198 valence electrons. The van der Waals surface area contributed by atoms with Crippen LogP contribution in [-0.4, -0.2) is 55.5 Å². The highest BCUT2D eigenvalue weighted by atomic mass is 35.5. The predicted molar refractivity (Wildman–Crippen MR) is 143 cm³/mol. The van der Waals surface area contributed by atoms with Crippen molar-refractivity contribution in [2.24, 2.45) is 11.3 Å². The Morgan fingerprint density at radius 1 is 1.14 bits per heavy atom. The van der Waals surface area contributed by atoms with Gasteiger partial charge >= 0.3 is 0 Å². The molecule has 0 aromatic carbocycles. The fraction of sp³-hybridized carbons (Fsp3) is 0.643. The van der Waals surface area contributed by atoms with Gasteiger partial charge in [-0.3, -0.25) is 4.98 Å². The van der Waals surface area contributed by atoms with Crippen molar-refractivity contribution < 1.29 is 13.9 Å². The molecule has 36 heavy (non-hydrogen) atoms. The number of nitrogens with one attached hydrogen (secondary N) is 2. The number of hydrogen-bond acceptors (Lipinski definition) is 6. The number of halogens is 2. The molecule has 1 aliphatic carbocycles. The summed E-state index contributed by atoms with van der Waals surface area (Å²) in [5.74, 6) is 0.171. The molecule has 2 fully saturated rings. The third-order valence-electron chi connectivity index (χ3n) is 7.74. The molecule has 0 radical (unpaired) electrons. The number of aromatic nitrogens is 2. The van der Waals surface area contributed by atoms with Crippen molar-refractivity contribution in [2.75, 3.05) is 38.8 Å². The first-order chi connectivity index (χ1) is 17.3. The van der Waals surface area contributed by atoms with Crippen LogP contribution in [0.2, 0.25) is 5.15 Å². The van der Waals surface area contributed by atoms with Gasteiger partial charge in [0.1, 0.15) is 11.0 Å². The zero-order valence-electron chi connectivity index (χ0n) is 21.8. The smallest absolute Gasteiger partial charge is 0.149 e. The van der Waals surface area contributed by atoms with Crippen LogP contribution in [0.5, 0.6) is 0 Å². The maximum absolute atomic E-state index is 14.9. The van der Waals surface area contributed by atoms with Gasteiger partial charge in [0, 0.05) is 55.8 Å². The lowest BCUT2D eigenvalue weighted by Gasteiger charge is -2.33. The number of methoxy groups -OCH3 is 1. The van der Waals surface area contributed by atoms with Crippen LogP contribution in [-0.2, 0) is 15.9 Å². The monoisotopic (exact) mass is 518 g/mol. The number of anilines is 1. The molecule has 2 aromatic rings. The Balaban J connectivity index is 1.40. The quantitative estimate of drug-likeness (QED) is 0.382. The van der Waals surface area contributed by atoms with E-state index >= 15 is 0 Å². The van der Waals surface area contributed by atoms with E-state index in [0.29, 0.717) is 34.3 Å². The van der Waals surface area contributed by atoms with Crippen LogP contribution in [0.3, 0.4) is 0 Å². The van der Waals surface area contributed by atoms with E-state index in [0.717, 1.165) is 82.7 Å². The topological polar surface area (TPSA) is 68.3 Å². The van der Waals surface area contributed by atoms with Gasteiger partial charge in [-0.05, 0) is 75.3 Å². The third-order valence-corrected chi connectivity index (χ3v) is 8.04. The fourth-order valence-corrected chi connectivity index (χ4v) is 5.62. The Bertz CT molecular complexity index is 994. The van der Waals surface area contributed by atoms with Crippen molar-refractivity contribution in [2.45, 2.75) is 70.9 Å². The molecule has 6 nitrogen and oxygen atoms in total. The van der Waals surface area contributed by atoms with Gasteiger partial charge in [-0.1, -0.05) is 18.5 Å². The maximum Gasteiger partial charge on any atom is 0.149 e. The lowest BCUT2D eigenvalue weighted by Crippen LogP contribution is -2.41. The number of hydrogen-bond donors (Lipinski definition) is 2. The molecule has 2 aromatic heterocycles. The van der Waals surface area contributed by atoms with Crippen LogP contribution in [0.15, 0.2) is 24.5 Å². The zero-order valence-corrected chi connectivity index (χ0v) is 22.5. The van der Waals surface area contributed by atoms with E-state index < -0.39 is 0 Å². The van der Waals surface area contributed by atoms with E-state index in [-0.39, 0.29) is 11.2 Å². The van der Waals surface area contributed by atoms with Crippen LogP contribution < -0.4 is 10.6 Å². The van der Waals surface area contributed by atoms with Gasteiger partial charge in [0.05, 0.1) is 24.7 Å². The molecule has 2 aliphatic rings. The largest absolute Gasteiger partial charge is 0.383 e. The third kappa shape index (κ3) is 7.37. The predicted octanol–water partition coefficient (Wildman–Crippen LogP) is 5.89. The van der Waals surface area contributed by atoms with Crippen LogP contribution in [0, 0.1) is 17.2 Å². The van der Waals surface area contributed by atoms with Crippen molar-refractivity contribution in [3.8, 4) is 11.1 Å². The van der Waals surface area contributed by atoms with E-state index in [2.05, 4.69) is 34.4 Å². The molecule has 0 unspecified atom stereocenters. The van der Waals surface area contributed by atoms with E-state index in [4.69, 9.17) is 21.1 Å². The van der Waals surface area contributed by atoms with E-state index in [1.54, 1.807) is 13.3 Å². The molecule has 3 heterocycles. The Kier molecular flexibility index (Phi) is 9.56. The molecular weight excluding hydrogens is 479 g/mol. The Labute approximate surface area is 219 Å². The van der Waals surface area contributed by atoms with Crippen LogP contribution >= 0.6 is 11.6 Å². The summed E-state index contributed by atoms with van der Waals surface area (Å²) in [6, 6.07) is 4.65. The lowest BCUT2D eigenvalue weighted by atomic mass is 9.82. The van der Waals surface area contributed by atoms with Crippen molar-refractivity contribution in [1.29, 1.82) is 0 Å². The second kappa shape index (κ2) is 12.6. The SMILES string of the molecule is COC[C@@H](C)NC1CCC(Cc2cc(-c3cc(NCC4(C)CCOCC4)cnc3Cl)c(F)cn2)CC1. The summed E-state index contributed by atoms with van der Waals surface area (Å²) >= 11 is 6.44. The summed E-state index contributed by atoms with van der Waals surface area (Å²) < 4.78 is 25.7. The number of ether oxygens (including phenoxy) is 2. The molecule has 8 heteroatoms. The highest BCUT2D eigenvalue weighted by molar-refractivity contribution is 6.32. The highest BCUT2D eigenvalue weighted by Crippen LogP contribution is 2.34. The van der Waals surface area contributed by atoms with Crippen LogP contribution in [0.25, 0.3) is 11.1 Å². The molecule has 1 saturated heterocycles. The van der Waals surface area contributed by atoms with Crippen molar-refractivity contribution >= 4 is 17.3 Å². The average Bonchev–Trinajstić information content (AvgIpc) is 2.87. The summed E-state index contributed by atoms with van der Waals surface area (Å²) in [6.45, 7) is 7.55. The van der Waals surface area contributed by atoms with Gasteiger partial charge in [-0.2, -0.15) is 0 Å². The normalized spacial score (nSPS) is 22.8. The van der Waals surface area contributed by atoms with Crippen LogP contribution in [0.4, 0.5) is 10.1 Å². The first-order valence-electron chi connectivity index (χ1n) is 13.2. The fourth-order valence-electron chi connectivity index (χ4n) is 5.42. The minimum Gasteiger partial charge on any atom is -0.383 e. The first-order valence-corrected chi connectivity index (χ1v) is 13.6. The van der Waals surface area contributed by atoms with Crippen molar-refractivity contribution in [3.63, 3.8) is 0 Å². The average molecular weight is 519 g/mol. The summed E-state index contributed by atoms with van der Waals surface area (Å²) in [4.78, 5) is 8.76. The first kappa shape index (κ1) is 27.2. The zero-order chi connectivity index (χ0) is 25.5. The summed E-state index contributed by atoms with van der Waals surface area (Å²) in [5.41, 5.74) is 2.97. The maximum atomic E-state index is 14.9. The minimum absolute atomic E-state index is 0.170. The van der Waals surface area contributed by atoms with Gasteiger partial charge < -0.3 is 20.1 Å². The number of rotatable bonds is 10. The van der Waals surface area contributed by atoms with Gasteiger partial charge in [-0.15, -0.1) is 0 Å². The van der Waals surface area contributed by atoms with E-state index in [1.165, 1.54) is 6.20 Å². The summed E-state index contributed by atoms with van der Waals surface area (Å²) in [5, 5.41) is 7.45. The summed E-state index contributed by atoms with van der Waals surface area (Å²) in [6.07, 6.45) is 10.5. The van der Waals surface area contributed by atoms with Gasteiger partial charge in [0.2, 0.25) is 0 Å². The van der Waals surface area contributed by atoms with Gasteiger partial charge in [0.15, 0.2) is 0 Å². The molecular formula is C28H40ClFN4O2. The van der Waals surface area contributed by atoms with E-state index in [9.17, 15) is 4.39 Å². The van der Waals surface area contributed by atoms with Crippen LogP contribution in [0.1, 0.15) is 58.1 Å². The molecule has 2 N–H and O–H groups in total. The Hall–Kier alpha value is -1.80. The standard InChI is InChI=1S/C28H40ClFN4O2/c1-19(17-35-3)34-21-6-4-20(5-7-21)12-22-13-24(26(30)16-31-22)25-14-23(15-32-27(25)29)33-18-28(2)8-10-36-11-9-28/h13-16,19-21,33-34H,4-12,17-18H2,1-3H3/t19-,20?,21?/m1/s1. The molecule has 4 rings (SSSR count). The summed E-state index contributed by atoms with van der Waals surface area (Å²) in [7, 11) is 1.74. The number of nitrogens with zero attached hydrogens (tertiary/aromatic N) is 2. The molecule has 0 amide bonds. The Morgan fingerprint density at radius 2 is 1.89 bits per heavy atom. The van der Waals surface area contributed by atoms with Crippen molar-refractivity contribution in [3.05, 3.63) is 41.2 Å². The number of pyridine rings is 2. The van der Waals surface area contributed by atoms with Gasteiger partial charge in [-0.25, -0.2) is 9.37 Å². The molecule has 1 aliphatic heterocycles.